The van der Waals surface area contributed by atoms with Crippen molar-refractivity contribution < 1.29 is 18.7 Å². The fourth-order valence-electron chi connectivity index (χ4n) is 5.93. The number of aromatic amines is 1. The van der Waals surface area contributed by atoms with Crippen molar-refractivity contribution in [3.63, 3.8) is 0 Å². The van der Waals surface area contributed by atoms with Gasteiger partial charge in [0.1, 0.15) is 36.2 Å². The summed E-state index contributed by atoms with van der Waals surface area (Å²) < 4.78 is 18.2. The number of pyridine rings is 1. The number of aryl methyl sites for hydroxylation is 1. The summed E-state index contributed by atoms with van der Waals surface area (Å²) in [5, 5.41) is 0.993. The third-order valence-electron chi connectivity index (χ3n) is 8.18. The van der Waals surface area contributed by atoms with E-state index in [4.69, 9.17) is 23.9 Å². The second kappa shape index (κ2) is 11.5. The SMILES string of the molecule is COc1ccc2nc(C)n(CC(=O)N3CCN(Cc4cocn4)CC3c3ncc(-c4cc5ccccc5nc4OC)[nH]3)c2c1. The number of aromatic nitrogens is 6. The summed E-state index contributed by atoms with van der Waals surface area (Å²) in [6, 6.07) is 15.3. The molecule has 0 aliphatic carbocycles. The van der Waals surface area contributed by atoms with Crippen LogP contribution in [-0.2, 0) is 17.9 Å². The molecule has 1 aliphatic rings. The van der Waals surface area contributed by atoms with Crippen molar-refractivity contribution in [3.8, 4) is 22.9 Å². The Morgan fingerprint density at radius 3 is 2.75 bits per heavy atom. The van der Waals surface area contributed by atoms with Crippen molar-refractivity contribution in [1.82, 2.24) is 39.3 Å². The molecule has 0 radical (unpaired) electrons. The van der Waals surface area contributed by atoms with Crippen molar-refractivity contribution in [1.29, 1.82) is 0 Å². The maximum atomic E-state index is 14.1. The van der Waals surface area contributed by atoms with Crippen LogP contribution in [0.5, 0.6) is 11.6 Å². The number of ether oxygens (including phenoxy) is 2. The number of rotatable bonds is 8. The number of imidazole rings is 2. The molecule has 0 saturated carbocycles. The molecule has 1 atom stereocenters. The summed E-state index contributed by atoms with van der Waals surface area (Å²) in [5.74, 6) is 2.64. The van der Waals surface area contributed by atoms with E-state index >= 15 is 0 Å². The molecule has 1 aliphatic heterocycles. The van der Waals surface area contributed by atoms with Gasteiger partial charge in [-0.05, 0) is 31.2 Å². The summed E-state index contributed by atoms with van der Waals surface area (Å²) in [6.07, 6.45) is 4.86. The summed E-state index contributed by atoms with van der Waals surface area (Å²) in [6.45, 7) is 4.43. The normalized spacial score (nSPS) is 15.7. The molecule has 0 spiro atoms. The average Bonchev–Trinajstić information content (AvgIpc) is 3.81. The Balaban J connectivity index is 1.22. The highest BCUT2D eigenvalue weighted by molar-refractivity contribution is 5.85. The van der Waals surface area contributed by atoms with E-state index in [2.05, 4.69) is 19.9 Å². The van der Waals surface area contributed by atoms with E-state index in [1.165, 1.54) is 6.39 Å². The van der Waals surface area contributed by atoms with Gasteiger partial charge < -0.3 is 28.3 Å². The van der Waals surface area contributed by atoms with Crippen LogP contribution in [0.15, 0.2) is 71.8 Å². The van der Waals surface area contributed by atoms with Crippen LogP contribution in [0.2, 0.25) is 0 Å². The molecular weight excluding hydrogens is 560 g/mol. The third-order valence-corrected chi connectivity index (χ3v) is 8.18. The van der Waals surface area contributed by atoms with Gasteiger partial charge in [-0.3, -0.25) is 9.69 Å². The third kappa shape index (κ3) is 5.13. The van der Waals surface area contributed by atoms with Crippen LogP contribution in [0.3, 0.4) is 0 Å². The molecule has 224 valence electrons. The van der Waals surface area contributed by atoms with Crippen LogP contribution in [0.4, 0.5) is 0 Å². The molecule has 5 heterocycles. The molecular formula is C32H32N8O4. The topological polar surface area (TPSA) is 127 Å². The number of oxazole rings is 1. The number of H-pyrrole nitrogens is 1. The molecule has 4 aromatic heterocycles. The number of nitrogens with one attached hydrogen (secondary N) is 1. The van der Waals surface area contributed by atoms with Crippen LogP contribution in [0.1, 0.15) is 23.4 Å². The number of hydrogen-bond donors (Lipinski definition) is 1. The van der Waals surface area contributed by atoms with Gasteiger partial charge in [0.15, 0.2) is 6.39 Å². The summed E-state index contributed by atoms with van der Waals surface area (Å²) >= 11 is 0. The molecule has 1 saturated heterocycles. The van der Waals surface area contributed by atoms with E-state index in [0.29, 0.717) is 43.6 Å². The van der Waals surface area contributed by atoms with Crippen molar-refractivity contribution in [2.45, 2.75) is 26.1 Å². The largest absolute Gasteiger partial charge is 0.497 e. The quantitative estimate of drug-likeness (QED) is 0.274. The summed E-state index contributed by atoms with van der Waals surface area (Å²) in [4.78, 5) is 40.2. The van der Waals surface area contributed by atoms with Crippen LogP contribution in [0.25, 0.3) is 33.2 Å². The minimum atomic E-state index is -0.332. The standard InChI is InChI=1S/C32H32N8O4/c1-20-35-26-9-8-23(42-2)13-28(26)40(20)17-30(41)39-11-10-38(15-22-18-44-19-34-22)16-29(39)31-33-14-27(36-31)24-12-21-6-4-5-7-25(21)37-32(24)43-3/h4-9,12-14,18-19,29H,10-11,15-17H2,1-3H3,(H,33,36). The van der Waals surface area contributed by atoms with Gasteiger partial charge in [0.05, 0.1) is 53.9 Å². The number of fused-ring (bicyclic) bond motifs is 2. The highest BCUT2D eigenvalue weighted by Gasteiger charge is 2.34. The Morgan fingerprint density at radius 2 is 1.93 bits per heavy atom. The first-order valence-electron chi connectivity index (χ1n) is 14.4. The second-order valence-corrected chi connectivity index (χ2v) is 10.8. The molecule has 1 fully saturated rings. The lowest BCUT2D eigenvalue weighted by Crippen LogP contribution is -2.51. The van der Waals surface area contributed by atoms with Crippen molar-refractivity contribution in [2.24, 2.45) is 0 Å². The number of para-hydroxylation sites is 1. The molecule has 7 rings (SSSR count). The Hall–Kier alpha value is -5.23. The molecule has 1 unspecified atom stereocenters. The number of nitrogens with zero attached hydrogens (tertiary/aromatic N) is 7. The molecule has 2 aromatic carbocycles. The highest BCUT2D eigenvalue weighted by Crippen LogP contribution is 2.33. The number of benzene rings is 2. The van der Waals surface area contributed by atoms with E-state index in [1.54, 1.807) is 26.7 Å². The van der Waals surface area contributed by atoms with Gasteiger partial charge in [0.2, 0.25) is 11.8 Å². The maximum Gasteiger partial charge on any atom is 0.243 e. The van der Waals surface area contributed by atoms with Gasteiger partial charge >= 0.3 is 0 Å². The minimum Gasteiger partial charge on any atom is -0.497 e. The van der Waals surface area contributed by atoms with E-state index in [0.717, 1.165) is 44.7 Å². The van der Waals surface area contributed by atoms with Gasteiger partial charge in [-0.2, -0.15) is 0 Å². The number of hydrogen-bond acceptors (Lipinski definition) is 9. The highest BCUT2D eigenvalue weighted by atomic mass is 16.5. The van der Waals surface area contributed by atoms with Crippen molar-refractivity contribution in [3.05, 3.63) is 84.7 Å². The van der Waals surface area contributed by atoms with Gasteiger partial charge in [-0.15, -0.1) is 0 Å². The summed E-state index contributed by atoms with van der Waals surface area (Å²) in [5.41, 5.74) is 4.92. The number of piperazine rings is 1. The van der Waals surface area contributed by atoms with Crippen LogP contribution >= 0.6 is 0 Å². The lowest BCUT2D eigenvalue weighted by molar-refractivity contribution is -0.137. The molecule has 1 N–H and O–H groups in total. The number of carbonyl (C=O) groups is 1. The molecule has 0 bridgehead atoms. The van der Waals surface area contributed by atoms with Crippen molar-refractivity contribution in [2.75, 3.05) is 33.9 Å². The summed E-state index contributed by atoms with van der Waals surface area (Å²) in [7, 11) is 3.24. The maximum absolute atomic E-state index is 14.1. The van der Waals surface area contributed by atoms with Gasteiger partial charge in [0.25, 0.3) is 0 Å². The predicted octanol–water partition coefficient (Wildman–Crippen LogP) is 4.37. The fourth-order valence-corrected chi connectivity index (χ4v) is 5.93. The first-order chi connectivity index (χ1) is 21.5. The zero-order chi connectivity index (χ0) is 30.2. The predicted molar refractivity (Wildman–Crippen MR) is 163 cm³/mol. The van der Waals surface area contributed by atoms with Crippen LogP contribution < -0.4 is 9.47 Å². The smallest absolute Gasteiger partial charge is 0.243 e. The van der Waals surface area contributed by atoms with Gasteiger partial charge in [-0.1, -0.05) is 18.2 Å². The van der Waals surface area contributed by atoms with E-state index in [-0.39, 0.29) is 18.5 Å². The Bertz CT molecular complexity index is 1950. The van der Waals surface area contributed by atoms with E-state index < -0.39 is 0 Å². The molecule has 12 nitrogen and oxygen atoms in total. The Morgan fingerprint density at radius 1 is 1.05 bits per heavy atom. The van der Waals surface area contributed by atoms with Gasteiger partial charge in [0, 0.05) is 37.6 Å². The fraction of sp³-hybridized carbons (Fsp3) is 0.281. The molecule has 1 amide bonds. The number of methoxy groups -OCH3 is 2. The molecule has 44 heavy (non-hydrogen) atoms. The van der Waals surface area contributed by atoms with E-state index in [1.807, 2.05) is 64.9 Å². The number of amides is 1. The first kappa shape index (κ1) is 27.6. The van der Waals surface area contributed by atoms with Crippen LogP contribution in [0, 0.1) is 6.92 Å². The first-order valence-corrected chi connectivity index (χ1v) is 14.4. The molecule has 6 aromatic rings. The lowest BCUT2D eigenvalue weighted by atomic mass is 10.1. The molecule has 12 heteroatoms. The second-order valence-electron chi connectivity index (χ2n) is 10.8. The zero-order valence-electron chi connectivity index (χ0n) is 24.7. The van der Waals surface area contributed by atoms with Crippen LogP contribution in [-0.4, -0.2) is 79.0 Å². The Kier molecular flexibility index (Phi) is 7.18. The van der Waals surface area contributed by atoms with E-state index in [9.17, 15) is 4.79 Å². The zero-order valence-corrected chi connectivity index (χ0v) is 24.7. The monoisotopic (exact) mass is 592 g/mol. The Labute approximate surface area is 253 Å². The van der Waals surface area contributed by atoms with Gasteiger partial charge in [-0.25, -0.2) is 19.9 Å². The minimum absolute atomic E-state index is 0.0239. The lowest BCUT2D eigenvalue weighted by Gasteiger charge is -2.40. The average molecular weight is 593 g/mol. The number of carbonyl (C=O) groups excluding carboxylic acids is 1. The van der Waals surface area contributed by atoms with Crippen molar-refractivity contribution >= 4 is 27.8 Å².